The molecule has 0 spiro atoms. The minimum atomic E-state index is 0.166. The zero-order valence-electron chi connectivity index (χ0n) is 14.0. The first kappa shape index (κ1) is 15.4. The van der Waals surface area contributed by atoms with Crippen molar-refractivity contribution in [1.29, 1.82) is 0 Å². The summed E-state index contributed by atoms with van der Waals surface area (Å²) in [6, 6.07) is 20.9. The molecule has 0 saturated heterocycles. The van der Waals surface area contributed by atoms with Crippen LogP contribution in [0.2, 0.25) is 0 Å². The van der Waals surface area contributed by atoms with Gasteiger partial charge in [0.1, 0.15) is 11.5 Å². The number of hydrogen-bond acceptors (Lipinski definition) is 1. The molecule has 1 aromatic heterocycles. The zero-order chi connectivity index (χ0) is 16.4. The average molecular weight is 302 g/mol. The van der Waals surface area contributed by atoms with Crippen LogP contribution in [0.1, 0.15) is 31.9 Å². The van der Waals surface area contributed by atoms with Gasteiger partial charge in [-0.15, -0.1) is 0 Å². The van der Waals surface area contributed by atoms with Crippen LogP contribution in [0.15, 0.2) is 71.7 Å². The van der Waals surface area contributed by atoms with Crippen LogP contribution in [-0.2, 0) is 5.41 Å². The zero-order valence-corrected chi connectivity index (χ0v) is 14.0. The van der Waals surface area contributed by atoms with Crippen LogP contribution < -0.4 is 0 Å². The first-order valence-electron chi connectivity index (χ1n) is 7.91. The lowest BCUT2D eigenvalue weighted by molar-refractivity contribution is 0.588. The molecule has 1 heteroatoms. The topological polar surface area (TPSA) is 13.1 Å². The second kappa shape index (κ2) is 5.92. The van der Waals surface area contributed by atoms with Crippen molar-refractivity contribution in [3.63, 3.8) is 0 Å². The second-order valence-electron chi connectivity index (χ2n) is 6.82. The van der Waals surface area contributed by atoms with E-state index in [-0.39, 0.29) is 5.41 Å². The lowest BCUT2D eigenvalue weighted by atomic mass is 9.86. The molecule has 2 aromatic carbocycles. The van der Waals surface area contributed by atoms with E-state index >= 15 is 0 Å². The van der Waals surface area contributed by atoms with Crippen molar-refractivity contribution >= 4 is 6.08 Å². The van der Waals surface area contributed by atoms with Gasteiger partial charge in [-0.2, -0.15) is 0 Å². The van der Waals surface area contributed by atoms with Gasteiger partial charge in [0.15, 0.2) is 0 Å². The van der Waals surface area contributed by atoms with E-state index in [1.807, 2.05) is 30.3 Å². The van der Waals surface area contributed by atoms with E-state index in [0.29, 0.717) is 0 Å². The van der Waals surface area contributed by atoms with Gasteiger partial charge < -0.3 is 4.42 Å². The first-order chi connectivity index (χ1) is 11.0. The molecule has 0 fully saturated rings. The third-order valence-electron chi connectivity index (χ3n) is 4.07. The van der Waals surface area contributed by atoms with Crippen LogP contribution in [-0.4, -0.2) is 0 Å². The number of hydrogen-bond donors (Lipinski definition) is 0. The maximum atomic E-state index is 6.03. The monoisotopic (exact) mass is 302 g/mol. The summed E-state index contributed by atoms with van der Waals surface area (Å²) >= 11 is 0. The van der Waals surface area contributed by atoms with Gasteiger partial charge in [0.2, 0.25) is 0 Å². The standard InChI is InChI=1S/C22H22O/c1-5-16-6-8-17(9-7-16)20-14-15-21(23-20)18-10-12-19(13-11-18)22(2,3)4/h5-15H,1H2,2-4H3. The Hall–Kier alpha value is -2.54. The Bertz CT molecular complexity index is 796. The minimum Gasteiger partial charge on any atom is -0.456 e. The predicted octanol–water partition coefficient (Wildman–Crippen LogP) is 6.55. The van der Waals surface area contributed by atoms with Gasteiger partial charge in [-0.25, -0.2) is 0 Å². The second-order valence-corrected chi connectivity index (χ2v) is 6.82. The van der Waals surface area contributed by atoms with Gasteiger partial charge in [-0.1, -0.05) is 82.0 Å². The van der Waals surface area contributed by atoms with Crippen molar-refractivity contribution in [2.75, 3.05) is 0 Å². The van der Waals surface area contributed by atoms with Gasteiger partial charge in [0.05, 0.1) is 0 Å². The van der Waals surface area contributed by atoms with Crippen molar-refractivity contribution in [3.8, 4) is 22.6 Å². The van der Waals surface area contributed by atoms with Crippen LogP contribution in [0.5, 0.6) is 0 Å². The van der Waals surface area contributed by atoms with Gasteiger partial charge >= 0.3 is 0 Å². The Morgan fingerprint density at radius 1 is 0.739 bits per heavy atom. The van der Waals surface area contributed by atoms with E-state index in [1.54, 1.807) is 0 Å². The van der Waals surface area contributed by atoms with Crippen LogP contribution in [0, 0.1) is 0 Å². The highest BCUT2D eigenvalue weighted by atomic mass is 16.3. The highest BCUT2D eigenvalue weighted by Crippen LogP contribution is 2.30. The Labute approximate surface area is 138 Å². The predicted molar refractivity (Wildman–Crippen MR) is 98.4 cm³/mol. The van der Waals surface area contributed by atoms with Crippen LogP contribution >= 0.6 is 0 Å². The molecule has 0 unspecified atom stereocenters. The van der Waals surface area contributed by atoms with Crippen LogP contribution in [0.25, 0.3) is 28.7 Å². The smallest absolute Gasteiger partial charge is 0.134 e. The molecule has 0 aliphatic rings. The van der Waals surface area contributed by atoms with Gasteiger partial charge in [0, 0.05) is 11.1 Å². The van der Waals surface area contributed by atoms with Crippen molar-refractivity contribution in [3.05, 3.63) is 78.4 Å². The minimum absolute atomic E-state index is 0.166. The van der Waals surface area contributed by atoms with Crippen molar-refractivity contribution < 1.29 is 4.42 Å². The molecule has 0 N–H and O–H groups in total. The molecule has 0 amide bonds. The third-order valence-corrected chi connectivity index (χ3v) is 4.07. The van der Waals surface area contributed by atoms with E-state index in [2.05, 4.69) is 63.7 Å². The van der Waals surface area contributed by atoms with Crippen LogP contribution in [0.3, 0.4) is 0 Å². The summed E-state index contributed by atoms with van der Waals surface area (Å²) in [7, 11) is 0. The third kappa shape index (κ3) is 3.29. The fourth-order valence-corrected chi connectivity index (χ4v) is 2.57. The Balaban J connectivity index is 1.87. The van der Waals surface area contributed by atoms with Crippen molar-refractivity contribution in [1.82, 2.24) is 0 Å². The van der Waals surface area contributed by atoms with Crippen LogP contribution in [0.4, 0.5) is 0 Å². The molecule has 1 nitrogen and oxygen atoms in total. The number of rotatable bonds is 3. The lowest BCUT2D eigenvalue weighted by Gasteiger charge is -2.18. The summed E-state index contributed by atoms with van der Waals surface area (Å²) in [5.74, 6) is 1.78. The molecule has 3 rings (SSSR count). The molecule has 0 bridgehead atoms. The van der Waals surface area contributed by atoms with E-state index in [4.69, 9.17) is 4.42 Å². The van der Waals surface area contributed by atoms with Gasteiger partial charge in [-0.05, 0) is 28.7 Å². The molecule has 0 radical (unpaired) electrons. The normalized spacial score (nSPS) is 11.4. The average Bonchev–Trinajstić information content (AvgIpc) is 3.04. The van der Waals surface area contributed by atoms with Gasteiger partial charge in [0.25, 0.3) is 0 Å². The maximum absolute atomic E-state index is 6.03. The number of furan rings is 1. The summed E-state index contributed by atoms with van der Waals surface area (Å²) in [6.45, 7) is 10.4. The van der Waals surface area contributed by atoms with Gasteiger partial charge in [-0.3, -0.25) is 0 Å². The van der Waals surface area contributed by atoms with E-state index in [1.165, 1.54) is 5.56 Å². The molecule has 0 atom stereocenters. The van der Waals surface area contributed by atoms with E-state index in [0.717, 1.165) is 28.2 Å². The highest BCUT2D eigenvalue weighted by Gasteiger charge is 2.14. The Kier molecular flexibility index (Phi) is 3.96. The summed E-state index contributed by atoms with van der Waals surface area (Å²) in [5.41, 5.74) is 4.78. The highest BCUT2D eigenvalue weighted by molar-refractivity contribution is 5.66. The SMILES string of the molecule is C=Cc1ccc(-c2ccc(-c3ccc(C(C)(C)C)cc3)o2)cc1. The summed E-state index contributed by atoms with van der Waals surface area (Å²) in [4.78, 5) is 0. The Morgan fingerprint density at radius 2 is 1.22 bits per heavy atom. The van der Waals surface area contributed by atoms with Crippen molar-refractivity contribution in [2.45, 2.75) is 26.2 Å². The Morgan fingerprint density at radius 3 is 1.65 bits per heavy atom. The summed E-state index contributed by atoms with van der Waals surface area (Å²) < 4.78 is 6.03. The largest absolute Gasteiger partial charge is 0.456 e. The molecular formula is C22H22O. The molecule has 3 aromatic rings. The molecule has 23 heavy (non-hydrogen) atoms. The molecule has 0 aliphatic carbocycles. The molecule has 1 heterocycles. The molecule has 116 valence electrons. The lowest BCUT2D eigenvalue weighted by Crippen LogP contribution is -2.10. The first-order valence-corrected chi connectivity index (χ1v) is 7.91. The van der Waals surface area contributed by atoms with E-state index < -0.39 is 0 Å². The maximum Gasteiger partial charge on any atom is 0.134 e. The molecule has 0 aliphatic heterocycles. The van der Waals surface area contributed by atoms with E-state index in [9.17, 15) is 0 Å². The fourth-order valence-electron chi connectivity index (χ4n) is 2.57. The summed E-state index contributed by atoms with van der Waals surface area (Å²) in [6.07, 6.45) is 1.84. The van der Waals surface area contributed by atoms with Crippen molar-refractivity contribution in [2.24, 2.45) is 0 Å². The summed E-state index contributed by atoms with van der Waals surface area (Å²) in [5, 5.41) is 0. The fraction of sp³-hybridized carbons (Fsp3) is 0.182. The quantitative estimate of drug-likeness (QED) is 0.534. The molecular weight excluding hydrogens is 280 g/mol. The molecule has 0 saturated carbocycles. The number of benzene rings is 2.